The molecule has 0 aromatic carbocycles. The van der Waals surface area contributed by atoms with Crippen LogP contribution in [0.3, 0.4) is 0 Å². The van der Waals surface area contributed by atoms with Crippen LogP contribution in [0, 0.1) is 6.92 Å². The molecule has 0 saturated heterocycles. The van der Waals surface area contributed by atoms with E-state index >= 15 is 0 Å². The molecular weight excluding hydrogens is 312 g/mol. The Kier molecular flexibility index (Phi) is 4.03. The van der Waals surface area contributed by atoms with Gasteiger partial charge in [-0.25, -0.2) is 10.8 Å². The van der Waals surface area contributed by atoms with Gasteiger partial charge in [0.2, 0.25) is 0 Å². The Hall–Kier alpha value is -2.06. The van der Waals surface area contributed by atoms with Crippen LogP contribution >= 0.6 is 15.9 Å². The fraction of sp³-hybridized carbons (Fsp3) is 0.0909. The second-order valence-electron chi connectivity index (χ2n) is 3.67. The van der Waals surface area contributed by atoms with Crippen LogP contribution in [-0.4, -0.2) is 21.1 Å². The van der Waals surface area contributed by atoms with E-state index in [-0.39, 0.29) is 11.6 Å². The summed E-state index contributed by atoms with van der Waals surface area (Å²) in [6.07, 6.45) is 0. The molecule has 0 unspecified atom stereocenters. The van der Waals surface area contributed by atoms with Crippen molar-refractivity contribution in [3.63, 3.8) is 0 Å². The van der Waals surface area contributed by atoms with E-state index in [0.29, 0.717) is 11.6 Å². The summed E-state index contributed by atoms with van der Waals surface area (Å²) in [4.78, 5) is 16.1. The van der Waals surface area contributed by atoms with Gasteiger partial charge in [-0.1, -0.05) is 0 Å². The van der Waals surface area contributed by atoms with Crippen LogP contribution in [0.4, 0.5) is 11.6 Å². The van der Waals surface area contributed by atoms with Crippen LogP contribution in [-0.2, 0) is 0 Å². The molecule has 0 fully saturated rings. The average molecular weight is 323 g/mol. The van der Waals surface area contributed by atoms with E-state index in [9.17, 15) is 4.79 Å². The number of amides is 1. The first-order valence-electron chi connectivity index (χ1n) is 5.35. The molecule has 0 atom stereocenters. The normalized spacial score (nSPS) is 10.1. The number of aromatic nitrogens is 3. The lowest BCUT2D eigenvalue weighted by Gasteiger charge is -2.05. The Morgan fingerprint density at radius 1 is 1.21 bits per heavy atom. The highest BCUT2D eigenvalue weighted by atomic mass is 79.9. The third-order valence-electron chi connectivity index (χ3n) is 2.31. The molecule has 2 aromatic heterocycles. The molecular formula is C11H11BrN6O. The smallest absolute Gasteiger partial charge is 0.277 e. The lowest BCUT2D eigenvalue weighted by molar-refractivity contribution is 0.102. The molecule has 2 heterocycles. The van der Waals surface area contributed by atoms with Crippen molar-refractivity contribution in [2.45, 2.75) is 6.92 Å². The number of rotatable bonds is 3. The fourth-order valence-corrected chi connectivity index (χ4v) is 1.55. The Balaban J connectivity index is 2.13. The van der Waals surface area contributed by atoms with Crippen molar-refractivity contribution >= 4 is 33.5 Å². The predicted octanol–water partition coefficient (Wildman–Crippen LogP) is 1.48. The minimum Gasteiger partial charge on any atom is -0.307 e. The summed E-state index contributed by atoms with van der Waals surface area (Å²) >= 11 is 3.34. The second-order valence-corrected chi connectivity index (χ2v) is 4.52. The summed E-state index contributed by atoms with van der Waals surface area (Å²) in [6.45, 7) is 1.83. The number of hydrogen-bond donors (Lipinski definition) is 3. The minimum atomic E-state index is -0.384. The number of nitrogens with one attached hydrogen (secondary N) is 2. The number of carbonyl (C=O) groups excluding carboxylic acids is 1. The Labute approximate surface area is 117 Å². The number of nitrogens with two attached hydrogens (primary N) is 1. The zero-order valence-electron chi connectivity index (χ0n) is 10.0. The number of hydrogen-bond acceptors (Lipinski definition) is 6. The van der Waals surface area contributed by atoms with E-state index < -0.39 is 0 Å². The summed E-state index contributed by atoms with van der Waals surface area (Å²) in [5.41, 5.74) is 3.30. The maximum Gasteiger partial charge on any atom is 0.277 e. The highest BCUT2D eigenvalue weighted by Gasteiger charge is 2.09. The molecule has 2 aromatic rings. The van der Waals surface area contributed by atoms with Crippen molar-refractivity contribution in [2.24, 2.45) is 5.84 Å². The number of pyridine rings is 1. The van der Waals surface area contributed by atoms with Gasteiger partial charge in [-0.05, 0) is 47.1 Å². The monoisotopic (exact) mass is 322 g/mol. The lowest BCUT2D eigenvalue weighted by Crippen LogP contribution is -2.16. The SMILES string of the molecule is Cc1nc(NC(=O)c2ccc(NN)nn2)ccc1Br. The van der Waals surface area contributed by atoms with E-state index in [4.69, 9.17) is 5.84 Å². The first-order valence-corrected chi connectivity index (χ1v) is 6.14. The van der Waals surface area contributed by atoms with Gasteiger partial charge in [-0.3, -0.25) is 4.79 Å². The van der Waals surface area contributed by atoms with Gasteiger partial charge >= 0.3 is 0 Å². The van der Waals surface area contributed by atoms with Crippen molar-refractivity contribution in [2.75, 3.05) is 10.7 Å². The Morgan fingerprint density at radius 3 is 2.53 bits per heavy atom. The van der Waals surface area contributed by atoms with Crippen molar-refractivity contribution < 1.29 is 4.79 Å². The third kappa shape index (κ3) is 3.24. The van der Waals surface area contributed by atoms with Gasteiger partial charge in [0.05, 0.1) is 5.69 Å². The number of nitrogen functional groups attached to an aromatic ring is 1. The topological polar surface area (TPSA) is 106 Å². The van der Waals surface area contributed by atoms with Gasteiger partial charge in [-0.2, -0.15) is 0 Å². The largest absolute Gasteiger partial charge is 0.307 e. The molecule has 8 heteroatoms. The van der Waals surface area contributed by atoms with Crippen molar-refractivity contribution in [3.05, 3.63) is 40.1 Å². The maximum atomic E-state index is 11.9. The molecule has 98 valence electrons. The summed E-state index contributed by atoms with van der Waals surface area (Å²) in [6, 6.07) is 6.58. The molecule has 4 N–H and O–H groups in total. The highest BCUT2D eigenvalue weighted by molar-refractivity contribution is 9.10. The van der Waals surface area contributed by atoms with Gasteiger partial charge in [0.25, 0.3) is 5.91 Å². The van der Waals surface area contributed by atoms with E-state index in [2.05, 4.69) is 41.9 Å². The van der Waals surface area contributed by atoms with Gasteiger partial charge in [0, 0.05) is 4.47 Å². The maximum absolute atomic E-state index is 11.9. The minimum absolute atomic E-state index is 0.182. The second kappa shape index (κ2) is 5.72. The first kappa shape index (κ1) is 13.4. The van der Waals surface area contributed by atoms with Crippen LogP contribution < -0.4 is 16.6 Å². The van der Waals surface area contributed by atoms with E-state index in [1.165, 1.54) is 6.07 Å². The van der Waals surface area contributed by atoms with Crippen LogP contribution in [0.25, 0.3) is 0 Å². The standard InChI is InChI=1S/C11H11BrN6O/c1-6-7(12)2-4-9(14-6)15-11(19)8-3-5-10(16-13)18-17-8/h2-5H,13H2,1H3,(H,16,18)(H,14,15,19). The molecule has 0 radical (unpaired) electrons. The number of nitrogens with zero attached hydrogens (tertiary/aromatic N) is 3. The van der Waals surface area contributed by atoms with Crippen molar-refractivity contribution in [3.8, 4) is 0 Å². The molecule has 0 bridgehead atoms. The lowest BCUT2D eigenvalue weighted by atomic mass is 10.3. The average Bonchev–Trinajstić information content (AvgIpc) is 2.43. The number of carbonyl (C=O) groups is 1. The number of anilines is 2. The molecule has 2 rings (SSSR count). The summed E-state index contributed by atoms with van der Waals surface area (Å²) in [5.74, 6) is 5.61. The van der Waals surface area contributed by atoms with Crippen LogP contribution in [0.15, 0.2) is 28.7 Å². The molecule has 1 amide bonds. The zero-order valence-corrected chi connectivity index (χ0v) is 11.6. The van der Waals surface area contributed by atoms with Gasteiger partial charge < -0.3 is 10.7 Å². The summed E-state index contributed by atoms with van der Waals surface area (Å²) in [7, 11) is 0. The Morgan fingerprint density at radius 2 is 1.95 bits per heavy atom. The molecule has 0 aliphatic heterocycles. The van der Waals surface area contributed by atoms with Gasteiger partial charge in [0.15, 0.2) is 11.5 Å². The predicted molar refractivity (Wildman–Crippen MR) is 74.5 cm³/mol. The fourth-order valence-electron chi connectivity index (χ4n) is 1.32. The number of hydrazine groups is 1. The summed E-state index contributed by atoms with van der Waals surface area (Å²) < 4.78 is 0.878. The summed E-state index contributed by atoms with van der Waals surface area (Å²) in [5, 5.41) is 10.1. The molecule has 0 aliphatic carbocycles. The van der Waals surface area contributed by atoms with E-state index in [1.807, 2.05) is 13.0 Å². The van der Waals surface area contributed by atoms with Crippen LogP contribution in [0.5, 0.6) is 0 Å². The molecule has 0 aliphatic rings. The molecule has 0 spiro atoms. The molecule has 0 saturated carbocycles. The van der Waals surface area contributed by atoms with Crippen LogP contribution in [0.1, 0.15) is 16.2 Å². The highest BCUT2D eigenvalue weighted by Crippen LogP contribution is 2.16. The van der Waals surface area contributed by atoms with E-state index in [1.54, 1.807) is 12.1 Å². The quantitative estimate of drug-likeness (QED) is 0.583. The third-order valence-corrected chi connectivity index (χ3v) is 3.15. The van der Waals surface area contributed by atoms with Crippen molar-refractivity contribution in [1.29, 1.82) is 0 Å². The molecule has 19 heavy (non-hydrogen) atoms. The van der Waals surface area contributed by atoms with Crippen LogP contribution in [0.2, 0.25) is 0 Å². The van der Waals surface area contributed by atoms with E-state index in [0.717, 1.165) is 10.2 Å². The molecule has 7 nitrogen and oxygen atoms in total. The zero-order chi connectivity index (χ0) is 13.8. The number of halogens is 1. The Bertz CT molecular complexity index is 601. The number of aryl methyl sites for hydroxylation is 1. The van der Waals surface area contributed by atoms with Gasteiger partial charge in [-0.15, -0.1) is 10.2 Å². The van der Waals surface area contributed by atoms with Crippen molar-refractivity contribution in [1.82, 2.24) is 15.2 Å². The van der Waals surface area contributed by atoms with Gasteiger partial charge in [0.1, 0.15) is 5.82 Å². The first-order chi connectivity index (χ1) is 9.10.